The van der Waals surface area contributed by atoms with E-state index in [1.165, 1.54) is 31.5 Å². The van der Waals surface area contributed by atoms with Crippen LogP contribution in [-0.2, 0) is 11.3 Å². The quantitative estimate of drug-likeness (QED) is 0.609. The zero-order valence-corrected chi connectivity index (χ0v) is 14.2. The molecule has 22 heavy (non-hydrogen) atoms. The Labute approximate surface area is 137 Å². The van der Waals surface area contributed by atoms with Gasteiger partial charge in [0.2, 0.25) is 0 Å². The van der Waals surface area contributed by atoms with Gasteiger partial charge in [-0.25, -0.2) is 9.97 Å². The van der Waals surface area contributed by atoms with Gasteiger partial charge in [-0.05, 0) is 38.6 Å². The van der Waals surface area contributed by atoms with Crippen LogP contribution in [0.1, 0.15) is 24.8 Å². The summed E-state index contributed by atoms with van der Waals surface area (Å²) in [6, 6.07) is 0. The fourth-order valence-corrected chi connectivity index (χ4v) is 3.58. The average molecular weight is 322 g/mol. The van der Waals surface area contributed by atoms with Crippen molar-refractivity contribution >= 4 is 11.8 Å². The van der Waals surface area contributed by atoms with E-state index < -0.39 is 0 Å². The highest BCUT2D eigenvalue weighted by Gasteiger charge is 2.23. The Morgan fingerprint density at radius 3 is 2.59 bits per heavy atom. The minimum absolute atomic E-state index is 0.340. The number of nitrogens with zero attached hydrogens (tertiary/aromatic N) is 4. The molecular formula is C16H26N4OS. The van der Waals surface area contributed by atoms with Crippen LogP contribution >= 0.6 is 11.8 Å². The van der Waals surface area contributed by atoms with E-state index in [0.717, 1.165) is 44.4 Å². The maximum atomic E-state index is 6.05. The van der Waals surface area contributed by atoms with Gasteiger partial charge >= 0.3 is 0 Å². The molecule has 0 aromatic carbocycles. The molecule has 6 heteroatoms. The second-order valence-electron chi connectivity index (χ2n) is 6.17. The van der Waals surface area contributed by atoms with Crippen molar-refractivity contribution in [1.82, 2.24) is 19.8 Å². The first-order valence-electron chi connectivity index (χ1n) is 8.25. The predicted molar refractivity (Wildman–Crippen MR) is 89.1 cm³/mol. The third-order valence-electron chi connectivity index (χ3n) is 4.36. The first kappa shape index (κ1) is 16.2. The fourth-order valence-electron chi connectivity index (χ4n) is 3.27. The molecule has 0 aliphatic carbocycles. The summed E-state index contributed by atoms with van der Waals surface area (Å²) in [5.74, 6) is 0. The van der Waals surface area contributed by atoms with Gasteiger partial charge in [0.15, 0.2) is 5.16 Å². The molecule has 0 N–H and O–H groups in total. The smallest absolute Gasteiger partial charge is 0.187 e. The van der Waals surface area contributed by atoms with Gasteiger partial charge in [0.05, 0.1) is 6.10 Å². The summed E-state index contributed by atoms with van der Waals surface area (Å²) in [5, 5.41) is 0.842. The van der Waals surface area contributed by atoms with E-state index in [1.807, 2.05) is 18.6 Å². The molecule has 3 rings (SSSR count). The minimum atomic E-state index is 0.340. The van der Waals surface area contributed by atoms with Crippen molar-refractivity contribution in [2.24, 2.45) is 0 Å². The Bertz CT molecular complexity index is 450. The Morgan fingerprint density at radius 1 is 1.14 bits per heavy atom. The lowest BCUT2D eigenvalue weighted by molar-refractivity contribution is 0.0307. The van der Waals surface area contributed by atoms with Crippen LogP contribution in [0.15, 0.2) is 17.6 Å². The lowest BCUT2D eigenvalue weighted by atomic mass is 10.2. The molecule has 0 saturated carbocycles. The summed E-state index contributed by atoms with van der Waals surface area (Å²) in [4.78, 5) is 13.8. The molecule has 2 aliphatic rings. The standard InChI is InChI=1S/C16H26N4OS/c1-22-16-17-9-14(10-18-16)11-20-7-4-8-21-15(13-20)12-19-5-2-3-6-19/h9-10,15H,2-8,11-13H2,1H3/t15-/m0/s1. The van der Waals surface area contributed by atoms with Crippen molar-refractivity contribution in [2.45, 2.75) is 37.1 Å². The van der Waals surface area contributed by atoms with Crippen molar-refractivity contribution in [3.63, 3.8) is 0 Å². The molecule has 0 amide bonds. The van der Waals surface area contributed by atoms with E-state index in [-0.39, 0.29) is 0 Å². The fraction of sp³-hybridized carbons (Fsp3) is 0.750. The topological polar surface area (TPSA) is 41.5 Å². The van der Waals surface area contributed by atoms with E-state index in [9.17, 15) is 0 Å². The summed E-state index contributed by atoms with van der Waals surface area (Å²) in [7, 11) is 0. The van der Waals surface area contributed by atoms with Crippen molar-refractivity contribution in [1.29, 1.82) is 0 Å². The average Bonchev–Trinajstić information content (AvgIpc) is 2.95. The second-order valence-corrected chi connectivity index (χ2v) is 6.94. The van der Waals surface area contributed by atoms with Crippen molar-refractivity contribution in [3.05, 3.63) is 18.0 Å². The first-order valence-corrected chi connectivity index (χ1v) is 9.47. The molecular weight excluding hydrogens is 296 g/mol. The maximum Gasteiger partial charge on any atom is 0.187 e. The van der Waals surface area contributed by atoms with Crippen LogP contribution in [0.5, 0.6) is 0 Å². The van der Waals surface area contributed by atoms with Gasteiger partial charge in [0.1, 0.15) is 0 Å². The van der Waals surface area contributed by atoms with Crippen LogP contribution in [-0.4, -0.2) is 71.5 Å². The molecule has 1 atom stereocenters. The summed E-state index contributed by atoms with van der Waals surface area (Å²) >= 11 is 1.58. The molecule has 1 aromatic rings. The highest BCUT2D eigenvalue weighted by molar-refractivity contribution is 7.98. The number of aromatic nitrogens is 2. The largest absolute Gasteiger partial charge is 0.376 e. The number of thioether (sulfide) groups is 1. The van der Waals surface area contributed by atoms with Crippen LogP contribution in [0, 0.1) is 0 Å². The minimum Gasteiger partial charge on any atom is -0.376 e. The molecule has 0 unspecified atom stereocenters. The lowest BCUT2D eigenvalue weighted by Gasteiger charge is -2.26. The van der Waals surface area contributed by atoms with E-state index >= 15 is 0 Å². The van der Waals surface area contributed by atoms with Crippen molar-refractivity contribution < 1.29 is 4.74 Å². The van der Waals surface area contributed by atoms with Gasteiger partial charge in [0, 0.05) is 50.7 Å². The molecule has 0 spiro atoms. The predicted octanol–water partition coefficient (Wildman–Crippen LogP) is 1.89. The summed E-state index contributed by atoms with van der Waals surface area (Å²) in [5.41, 5.74) is 1.19. The van der Waals surface area contributed by atoms with Crippen LogP contribution in [0.3, 0.4) is 0 Å². The van der Waals surface area contributed by atoms with Crippen LogP contribution in [0.25, 0.3) is 0 Å². The van der Waals surface area contributed by atoms with Gasteiger partial charge in [-0.15, -0.1) is 0 Å². The summed E-state index contributed by atoms with van der Waals surface area (Å²) < 4.78 is 6.05. The number of rotatable bonds is 5. The van der Waals surface area contributed by atoms with Gasteiger partial charge in [-0.3, -0.25) is 4.90 Å². The van der Waals surface area contributed by atoms with Gasteiger partial charge in [-0.1, -0.05) is 11.8 Å². The van der Waals surface area contributed by atoms with Crippen molar-refractivity contribution in [3.8, 4) is 0 Å². The molecule has 3 heterocycles. The van der Waals surface area contributed by atoms with Crippen LogP contribution in [0.2, 0.25) is 0 Å². The van der Waals surface area contributed by atoms with Crippen LogP contribution < -0.4 is 0 Å². The third kappa shape index (κ3) is 4.65. The van der Waals surface area contributed by atoms with Gasteiger partial charge < -0.3 is 9.64 Å². The first-order chi connectivity index (χ1) is 10.8. The highest BCUT2D eigenvalue weighted by Crippen LogP contribution is 2.15. The van der Waals surface area contributed by atoms with Crippen LogP contribution in [0.4, 0.5) is 0 Å². The number of hydrogen-bond acceptors (Lipinski definition) is 6. The summed E-state index contributed by atoms with van der Waals surface area (Å²) in [6.07, 6.45) is 10.1. The highest BCUT2D eigenvalue weighted by atomic mass is 32.2. The Balaban J connectivity index is 1.54. The second kappa shape index (κ2) is 8.24. The van der Waals surface area contributed by atoms with E-state index in [1.54, 1.807) is 11.8 Å². The number of likely N-dealkylation sites (tertiary alicyclic amines) is 1. The SMILES string of the molecule is CSc1ncc(CN2CCCO[C@@H](CN3CCCC3)C2)cn1. The van der Waals surface area contributed by atoms with E-state index in [0.29, 0.717) is 6.10 Å². The molecule has 5 nitrogen and oxygen atoms in total. The Morgan fingerprint density at radius 2 is 1.86 bits per heavy atom. The van der Waals surface area contributed by atoms with E-state index in [2.05, 4.69) is 19.8 Å². The molecule has 2 saturated heterocycles. The molecule has 2 aliphatic heterocycles. The Hall–Kier alpha value is -0.690. The molecule has 122 valence electrons. The lowest BCUT2D eigenvalue weighted by Crippen LogP contribution is -2.39. The third-order valence-corrected chi connectivity index (χ3v) is 4.94. The summed E-state index contributed by atoms with van der Waals surface area (Å²) in [6.45, 7) is 7.49. The molecule has 2 fully saturated rings. The maximum absolute atomic E-state index is 6.05. The van der Waals surface area contributed by atoms with E-state index in [4.69, 9.17) is 4.74 Å². The Kier molecular flexibility index (Phi) is 6.06. The van der Waals surface area contributed by atoms with Crippen molar-refractivity contribution in [2.75, 3.05) is 45.6 Å². The normalized spacial score (nSPS) is 24.5. The number of ether oxygens (including phenoxy) is 1. The molecule has 1 aromatic heterocycles. The monoisotopic (exact) mass is 322 g/mol. The zero-order chi connectivity index (χ0) is 15.2. The van der Waals surface area contributed by atoms with Gasteiger partial charge in [0.25, 0.3) is 0 Å². The number of hydrogen-bond donors (Lipinski definition) is 0. The molecule has 0 radical (unpaired) electrons. The zero-order valence-electron chi connectivity index (χ0n) is 13.4. The van der Waals surface area contributed by atoms with Gasteiger partial charge in [-0.2, -0.15) is 0 Å². The molecule has 0 bridgehead atoms.